The van der Waals surface area contributed by atoms with Gasteiger partial charge < -0.3 is 10.1 Å². The predicted molar refractivity (Wildman–Crippen MR) is 106 cm³/mol. The number of hydrogen-bond donors (Lipinski definition) is 1. The first kappa shape index (κ1) is 18.4. The number of alkyl halides is 1. The number of pyridine rings is 1. The predicted octanol–water partition coefficient (Wildman–Crippen LogP) is 3.65. The van der Waals surface area contributed by atoms with Crippen molar-refractivity contribution in [2.75, 3.05) is 11.9 Å². The number of hydrogen-bond acceptors (Lipinski definition) is 6. The molecule has 4 aromatic rings. The van der Waals surface area contributed by atoms with Crippen LogP contribution < -0.4 is 10.1 Å². The molecule has 0 spiro atoms. The van der Waals surface area contributed by atoms with Crippen molar-refractivity contribution in [3.63, 3.8) is 0 Å². The van der Waals surface area contributed by atoms with E-state index in [2.05, 4.69) is 25.5 Å². The number of benzene rings is 1. The Morgan fingerprint density at radius 2 is 2.10 bits per heavy atom. The molecular formula is C21H18F2N6O. The van der Waals surface area contributed by atoms with E-state index in [4.69, 9.17) is 4.74 Å². The van der Waals surface area contributed by atoms with Crippen LogP contribution in [0.15, 0.2) is 36.9 Å². The monoisotopic (exact) mass is 408 g/mol. The molecular weight excluding hydrogens is 390 g/mol. The fourth-order valence-electron chi connectivity index (χ4n) is 3.82. The van der Waals surface area contributed by atoms with E-state index in [-0.39, 0.29) is 12.4 Å². The first-order valence-corrected chi connectivity index (χ1v) is 9.54. The fraction of sp³-hybridized carbons (Fsp3) is 0.238. The van der Waals surface area contributed by atoms with Crippen molar-refractivity contribution in [2.45, 2.75) is 26.6 Å². The Labute approximate surface area is 170 Å². The molecule has 1 aromatic carbocycles. The summed E-state index contributed by atoms with van der Waals surface area (Å²) in [4.78, 5) is 8.57. The Morgan fingerprint density at radius 1 is 1.20 bits per heavy atom. The maximum atomic E-state index is 14.4. The normalized spacial score (nSPS) is 12.8. The van der Waals surface area contributed by atoms with Crippen molar-refractivity contribution in [3.05, 3.63) is 65.1 Å². The topological polar surface area (TPSA) is 77.2 Å². The van der Waals surface area contributed by atoms with Crippen LogP contribution in [0.1, 0.15) is 22.4 Å². The molecule has 5 rings (SSSR count). The third-order valence-corrected chi connectivity index (χ3v) is 5.42. The summed E-state index contributed by atoms with van der Waals surface area (Å²) in [5.74, 6) is 0.921. The summed E-state index contributed by atoms with van der Waals surface area (Å²) in [6.07, 6.45) is 5.44. The van der Waals surface area contributed by atoms with Crippen LogP contribution in [-0.4, -0.2) is 31.2 Å². The Morgan fingerprint density at radius 3 is 2.97 bits per heavy atom. The molecule has 0 fully saturated rings. The first-order valence-electron chi connectivity index (χ1n) is 9.54. The molecule has 1 aliphatic heterocycles. The van der Waals surface area contributed by atoms with E-state index >= 15 is 0 Å². The Hall–Kier alpha value is -3.62. The van der Waals surface area contributed by atoms with E-state index in [0.717, 1.165) is 22.4 Å². The van der Waals surface area contributed by atoms with Gasteiger partial charge in [0.1, 0.15) is 24.6 Å². The number of nitrogens with zero attached hydrogens (tertiary/aromatic N) is 5. The van der Waals surface area contributed by atoms with Crippen molar-refractivity contribution in [2.24, 2.45) is 0 Å². The summed E-state index contributed by atoms with van der Waals surface area (Å²) >= 11 is 0. The molecule has 3 aromatic heterocycles. The third-order valence-electron chi connectivity index (χ3n) is 5.42. The molecule has 0 bridgehead atoms. The van der Waals surface area contributed by atoms with Gasteiger partial charge in [0, 0.05) is 42.0 Å². The number of nitrogens with one attached hydrogen (secondary N) is 1. The molecule has 30 heavy (non-hydrogen) atoms. The van der Waals surface area contributed by atoms with Gasteiger partial charge in [-0.05, 0) is 36.2 Å². The second-order valence-corrected chi connectivity index (χ2v) is 7.04. The maximum absolute atomic E-state index is 14.4. The molecule has 7 nitrogen and oxygen atoms in total. The molecule has 0 aliphatic carbocycles. The Kier molecular flexibility index (Phi) is 4.50. The second-order valence-electron chi connectivity index (χ2n) is 7.04. The van der Waals surface area contributed by atoms with Gasteiger partial charge in [0.15, 0.2) is 5.65 Å². The number of fused-ring (bicyclic) bond motifs is 2. The highest BCUT2D eigenvalue weighted by Crippen LogP contribution is 2.31. The smallest absolute Gasteiger partial charge is 0.210 e. The summed E-state index contributed by atoms with van der Waals surface area (Å²) in [5, 5.41) is 11.4. The highest BCUT2D eigenvalue weighted by molar-refractivity contribution is 5.79. The van der Waals surface area contributed by atoms with E-state index in [0.29, 0.717) is 41.4 Å². The van der Waals surface area contributed by atoms with Crippen LogP contribution in [0.25, 0.3) is 16.8 Å². The summed E-state index contributed by atoms with van der Waals surface area (Å²) in [5.41, 5.74) is 4.62. The molecule has 1 aliphatic rings. The lowest BCUT2D eigenvalue weighted by molar-refractivity contribution is 0.356. The number of aromatic nitrogens is 5. The van der Waals surface area contributed by atoms with Gasteiger partial charge in [-0.2, -0.15) is 0 Å². The lowest BCUT2D eigenvalue weighted by atomic mass is 10.0. The van der Waals surface area contributed by atoms with Crippen LogP contribution in [0.4, 0.5) is 14.7 Å². The van der Waals surface area contributed by atoms with Gasteiger partial charge in [-0.25, -0.2) is 13.8 Å². The van der Waals surface area contributed by atoms with E-state index in [1.54, 1.807) is 28.9 Å². The third kappa shape index (κ3) is 2.94. The van der Waals surface area contributed by atoms with Crippen LogP contribution in [0.2, 0.25) is 0 Å². The van der Waals surface area contributed by atoms with Crippen molar-refractivity contribution in [1.82, 2.24) is 24.6 Å². The van der Waals surface area contributed by atoms with Gasteiger partial charge >= 0.3 is 0 Å². The van der Waals surface area contributed by atoms with Crippen molar-refractivity contribution in [3.8, 4) is 16.9 Å². The van der Waals surface area contributed by atoms with E-state index in [1.165, 1.54) is 12.4 Å². The van der Waals surface area contributed by atoms with Gasteiger partial charge in [-0.3, -0.25) is 9.38 Å². The zero-order valence-electron chi connectivity index (χ0n) is 16.2. The second kappa shape index (κ2) is 7.33. The van der Waals surface area contributed by atoms with Crippen molar-refractivity contribution in [1.29, 1.82) is 0 Å². The number of anilines is 1. The van der Waals surface area contributed by atoms with Crippen LogP contribution in [-0.2, 0) is 19.6 Å². The number of ether oxygens (including phenoxy) is 1. The van der Waals surface area contributed by atoms with Crippen LogP contribution in [0.3, 0.4) is 0 Å². The highest BCUT2D eigenvalue weighted by atomic mass is 19.1. The SMILES string of the molecule is Cc1c(-c2cnc(NCc3c(F)ccc4c3CCO4)n3cnnc23)ccnc1CF. The average Bonchev–Trinajstić information content (AvgIpc) is 3.43. The number of rotatable bonds is 5. The zero-order chi connectivity index (χ0) is 20.7. The van der Waals surface area contributed by atoms with Gasteiger partial charge in [0.25, 0.3) is 0 Å². The quantitative estimate of drug-likeness (QED) is 0.543. The van der Waals surface area contributed by atoms with Crippen LogP contribution >= 0.6 is 0 Å². The minimum atomic E-state index is -0.646. The molecule has 0 amide bonds. The summed E-state index contributed by atoms with van der Waals surface area (Å²) in [7, 11) is 0. The molecule has 4 heterocycles. The molecule has 0 unspecified atom stereocenters. The lowest BCUT2D eigenvalue weighted by Gasteiger charge is -2.13. The van der Waals surface area contributed by atoms with Crippen molar-refractivity contribution < 1.29 is 13.5 Å². The highest BCUT2D eigenvalue weighted by Gasteiger charge is 2.20. The molecule has 0 saturated carbocycles. The first-order chi connectivity index (χ1) is 14.7. The molecule has 9 heteroatoms. The molecule has 0 radical (unpaired) electrons. The van der Waals surface area contributed by atoms with E-state index < -0.39 is 6.67 Å². The minimum Gasteiger partial charge on any atom is -0.493 e. The largest absolute Gasteiger partial charge is 0.493 e. The Balaban J connectivity index is 1.51. The maximum Gasteiger partial charge on any atom is 0.210 e. The van der Waals surface area contributed by atoms with E-state index in [1.807, 2.05) is 6.92 Å². The van der Waals surface area contributed by atoms with Crippen LogP contribution in [0, 0.1) is 12.7 Å². The average molecular weight is 408 g/mol. The summed E-state index contributed by atoms with van der Waals surface area (Å²) in [6, 6.07) is 4.88. The zero-order valence-corrected chi connectivity index (χ0v) is 16.2. The Bertz CT molecular complexity index is 1260. The molecule has 0 atom stereocenters. The van der Waals surface area contributed by atoms with Gasteiger partial charge in [-0.15, -0.1) is 10.2 Å². The van der Waals surface area contributed by atoms with Crippen molar-refractivity contribution >= 4 is 11.6 Å². The minimum absolute atomic E-state index is 0.248. The number of halogens is 2. The van der Waals surface area contributed by atoms with Crippen LogP contribution in [0.5, 0.6) is 5.75 Å². The van der Waals surface area contributed by atoms with Gasteiger partial charge in [0.2, 0.25) is 5.95 Å². The summed E-state index contributed by atoms with van der Waals surface area (Å²) in [6.45, 7) is 1.97. The molecule has 0 saturated heterocycles. The fourth-order valence-corrected chi connectivity index (χ4v) is 3.82. The molecule has 152 valence electrons. The molecule has 1 N–H and O–H groups in total. The summed E-state index contributed by atoms with van der Waals surface area (Å²) < 4.78 is 34.9. The van der Waals surface area contributed by atoms with E-state index in [9.17, 15) is 8.78 Å². The van der Waals surface area contributed by atoms with Gasteiger partial charge in [0.05, 0.1) is 12.3 Å². The van der Waals surface area contributed by atoms with Gasteiger partial charge in [-0.1, -0.05) is 0 Å². The lowest BCUT2D eigenvalue weighted by Crippen LogP contribution is -2.10. The standard InChI is InChI=1S/C21H18F2N6O/c1-12-13(4-6-24-18(12)8-22)16-10-26-21(29-11-27-28-20(16)29)25-9-15-14-5-7-30-19(14)3-2-17(15)23/h2-4,6,10-11H,5,7-9H2,1H3,(H,25,26).